The van der Waals surface area contributed by atoms with Crippen molar-refractivity contribution in [3.05, 3.63) is 65.5 Å². The Morgan fingerprint density at radius 3 is 2.32 bits per heavy atom. The van der Waals surface area contributed by atoms with Crippen LogP contribution in [0.25, 0.3) is 0 Å². The molecule has 6 heteroatoms. The van der Waals surface area contributed by atoms with Gasteiger partial charge >= 0.3 is 5.97 Å². The fraction of sp³-hybridized carbons (Fsp3) is 0.263. The van der Waals surface area contributed by atoms with Gasteiger partial charge in [0.15, 0.2) is 0 Å². The van der Waals surface area contributed by atoms with Gasteiger partial charge in [-0.05, 0) is 42.3 Å². The molecule has 0 radical (unpaired) electrons. The Morgan fingerprint density at radius 2 is 1.76 bits per heavy atom. The zero-order valence-corrected chi connectivity index (χ0v) is 13.9. The standard InChI is InChI=1S/C19H20FNO4/c1-2-25-16-9-5-14(6-10-16)17(12-19(23)24)21-18(22)11-13-3-7-15(20)8-4-13/h3-10,17H,2,11-12H2,1H3,(H,21,22)(H,23,24). The number of carbonyl (C=O) groups is 2. The largest absolute Gasteiger partial charge is 0.494 e. The number of rotatable bonds is 8. The fourth-order valence-electron chi connectivity index (χ4n) is 2.42. The van der Waals surface area contributed by atoms with Crippen LogP contribution in [-0.2, 0) is 16.0 Å². The lowest BCUT2D eigenvalue weighted by atomic mass is 10.0. The SMILES string of the molecule is CCOc1ccc(C(CC(=O)O)NC(=O)Cc2ccc(F)cc2)cc1. The molecule has 0 heterocycles. The zero-order valence-electron chi connectivity index (χ0n) is 13.9. The van der Waals surface area contributed by atoms with Gasteiger partial charge in [0, 0.05) is 0 Å². The molecular formula is C19H20FNO4. The highest BCUT2D eigenvalue weighted by Gasteiger charge is 2.18. The monoisotopic (exact) mass is 345 g/mol. The third-order valence-electron chi connectivity index (χ3n) is 3.59. The van der Waals surface area contributed by atoms with Crippen molar-refractivity contribution in [3.63, 3.8) is 0 Å². The molecule has 0 spiro atoms. The number of carboxylic acids is 1. The third kappa shape index (κ3) is 5.91. The molecule has 0 aliphatic heterocycles. The average molecular weight is 345 g/mol. The van der Waals surface area contributed by atoms with Crippen LogP contribution >= 0.6 is 0 Å². The van der Waals surface area contributed by atoms with E-state index in [1.54, 1.807) is 24.3 Å². The Kier molecular flexibility index (Phi) is 6.51. The second kappa shape index (κ2) is 8.82. The molecule has 25 heavy (non-hydrogen) atoms. The van der Waals surface area contributed by atoms with Crippen molar-refractivity contribution in [2.75, 3.05) is 6.61 Å². The van der Waals surface area contributed by atoms with Gasteiger partial charge in [0.1, 0.15) is 11.6 Å². The molecule has 0 saturated carbocycles. The number of ether oxygens (including phenoxy) is 1. The number of hydrogen-bond acceptors (Lipinski definition) is 3. The van der Waals surface area contributed by atoms with Gasteiger partial charge in [0.2, 0.25) is 5.91 Å². The summed E-state index contributed by atoms with van der Waals surface area (Å²) in [6.45, 7) is 2.41. The highest BCUT2D eigenvalue weighted by atomic mass is 19.1. The maximum atomic E-state index is 12.9. The maximum Gasteiger partial charge on any atom is 0.305 e. The topological polar surface area (TPSA) is 75.6 Å². The second-order valence-electron chi connectivity index (χ2n) is 5.52. The van der Waals surface area contributed by atoms with Crippen LogP contribution in [0.3, 0.4) is 0 Å². The summed E-state index contributed by atoms with van der Waals surface area (Å²) >= 11 is 0. The van der Waals surface area contributed by atoms with E-state index in [0.29, 0.717) is 23.5 Å². The van der Waals surface area contributed by atoms with Crippen LogP contribution in [0.5, 0.6) is 5.75 Å². The molecular weight excluding hydrogens is 325 g/mol. The summed E-state index contributed by atoms with van der Waals surface area (Å²) < 4.78 is 18.3. The maximum absolute atomic E-state index is 12.9. The first-order chi connectivity index (χ1) is 12.0. The average Bonchev–Trinajstić information content (AvgIpc) is 2.57. The number of carbonyl (C=O) groups excluding carboxylic acids is 1. The lowest BCUT2D eigenvalue weighted by Crippen LogP contribution is -2.31. The van der Waals surface area contributed by atoms with Crippen LogP contribution in [0.15, 0.2) is 48.5 Å². The molecule has 1 amide bonds. The smallest absolute Gasteiger partial charge is 0.305 e. The van der Waals surface area contributed by atoms with Crippen molar-refractivity contribution in [1.82, 2.24) is 5.32 Å². The minimum Gasteiger partial charge on any atom is -0.494 e. The molecule has 0 aliphatic carbocycles. The number of amides is 1. The molecule has 0 aromatic heterocycles. The molecule has 1 unspecified atom stereocenters. The van der Waals surface area contributed by atoms with Gasteiger partial charge in [0.25, 0.3) is 0 Å². The third-order valence-corrected chi connectivity index (χ3v) is 3.59. The van der Waals surface area contributed by atoms with Crippen LogP contribution in [0.2, 0.25) is 0 Å². The van der Waals surface area contributed by atoms with E-state index < -0.39 is 12.0 Å². The molecule has 0 fully saturated rings. The highest BCUT2D eigenvalue weighted by molar-refractivity contribution is 5.80. The van der Waals surface area contributed by atoms with Gasteiger partial charge in [-0.15, -0.1) is 0 Å². The summed E-state index contributed by atoms with van der Waals surface area (Å²) in [6, 6.07) is 11.9. The van der Waals surface area contributed by atoms with E-state index in [1.807, 2.05) is 6.92 Å². The summed E-state index contributed by atoms with van der Waals surface area (Å²) in [7, 11) is 0. The summed E-state index contributed by atoms with van der Waals surface area (Å²) in [4.78, 5) is 23.3. The van der Waals surface area contributed by atoms with Crippen LogP contribution in [0.1, 0.15) is 30.5 Å². The minimum atomic E-state index is -1.01. The van der Waals surface area contributed by atoms with Crippen molar-refractivity contribution >= 4 is 11.9 Å². The van der Waals surface area contributed by atoms with E-state index in [0.717, 1.165) is 0 Å². The Balaban J connectivity index is 2.07. The van der Waals surface area contributed by atoms with Gasteiger partial charge in [0.05, 0.1) is 25.5 Å². The van der Waals surface area contributed by atoms with E-state index in [-0.39, 0.29) is 24.6 Å². The van der Waals surface area contributed by atoms with Crippen molar-refractivity contribution in [3.8, 4) is 5.75 Å². The van der Waals surface area contributed by atoms with E-state index in [9.17, 15) is 14.0 Å². The zero-order chi connectivity index (χ0) is 18.2. The quantitative estimate of drug-likeness (QED) is 0.771. The first-order valence-electron chi connectivity index (χ1n) is 7.96. The molecule has 1 atom stereocenters. The van der Waals surface area contributed by atoms with Crippen LogP contribution in [-0.4, -0.2) is 23.6 Å². The number of halogens is 1. The first kappa shape index (κ1) is 18.4. The van der Waals surface area contributed by atoms with Crippen molar-refractivity contribution in [2.45, 2.75) is 25.8 Å². The van der Waals surface area contributed by atoms with E-state index >= 15 is 0 Å². The van der Waals surface area contributed by atoms with E-state index in [2.05, 4.69) is 5.32 Å². The second-order valence-corrected chi connectivity index (χ2v) is 5.52. The molecule has 2 N–H and O–H groups in total. The van der Waals surface area contributed by atoms with Gasteiger partial charge in [-0.1, -0.05) is 24.3 Å². The van der Waals surface area contributed by atoms with Crippen molar-refractivity contribution in [2.24, 2.45) is 0 Å². The summed E-state index contributed by atoms with van der Waals surface area (Å²) in [6.07, 6.45) is -0.184. The summed E-state index contributed by atoms with van der Waals surface area (Å²) in [5, 5.41) is 11.8. The number of hydrogen-bond donors (Lipinski definition) is 2. The van der Waals surface area contributed by atoms with Crippen LogP contribution in [0, 0.1) is 5.82 Å². The minimum absolute atomic E-state index is 0.0490. The molecule has 5 nitrogen and oxygen atoms in total. The summed E-state index contributed by atoms with van der Waals surface area (Å²) in [5.74, 6) is -1.03. The van der Waals surface area contributed by atoms with Gasteiger partial charge in [-0.2, -0.15) is 0 Å². The van der Waals surface area contributed by atoms with Gasteiger partial charge in [-0.3, -0.25) is 9.59 Å². The van der Waals surface area contributed by atoms with Gasteiger partial charge in [-0.25, -0.2) is 4.39 Å². The normalized spacial score (nSPS) is 11.6. The Hall–Kier alpha value is -2.89. The molecule has 132 valence electrons. The van der Waals surface area contributed by atoms with Crippen LogP contribution in [0.4, 0.5) is 4.39 Å². The molecule has 2 rings (SSSR count). The fourth-order valence-corrected chi connectivity index (χ4v) is 2.42. The predicted molar refractivity (Wildman–Crippen MR) is 90.9 cm³/mol. The molecule has 0 saturated heterocycles. The Labute approximate surface area is 145 Å². The van der Waals surface area contributed by atoms with Crippen LogP contribution < -0.4 is 10.1 Å². The number of benzene rings is 2. The molecule has 0 bridgehead atoms. The molecule has 2 aromatic rings. The van der Waals surface area contributed by atoms with E-state index in [4.69, 9.17) is 9.84 Å². The lowest BCUT2D eigenvalue weighted by molar-refractivity contribution is -0.137. The van der Waals surface area contributed by atoms with Crippen molar-refractivity contribution < 1.29 is 23.8 Å². The Morgan fingerprint density at radius 1 is 1.12 bits per heavy atom. The predicted octanol–water partition coefficient (Wildman–Crippen LogP) is 3.10. The van der Waals surface area contributed by atoms with E-state index in [1.165, 1.54) is 24.3 Å². The Bertz CT molecular complexity index is 713. The number of nitrogens with one attached hydrogen (secondary N) is 1. The summed E-state index contributed by atoms with van der Waals surface area (Å²) in [5.41, 5.74) is 1.33. The first-order valence-corrected chi connectivity index (χ1v) is 7.96. The number of aliphatic carboxylic acids is 1. The molecule has 0 aliphatic rings. The molecule has 2 aromatic carbocycles. The number of carboxylic acid groups (broad SMARTS) is 1. The highest BCUT2D eigenvalue weighted by Crippen LogP contribution is 2.21. The van der Waals surface area contributed by atoms with Crippen molar-refractivity contribution in [1.29, 1.82) is 0 Å². The lowest BCUT2D eigenvalue weighted by Gasteiger charge is -2.18. The van der Waals surface area contributed by atoms with Gasteiger partial charge < -0.3 is 15.2 Å².